The SMILES string of the molecule is COCCNC(=O)c1cc(C)nc(NCCc2ccccc2)n1. The number of benzene rings is 1. The van der Waals surface area contributed by atoms with Gasteiger partial charge in [-0.3, -0.25) is 4.79 Å². The molecule has 2 N–H and O–H groups in total. The Morgan fingerprint density at radius 3 is 2.70 bits per heavy atom. The summed E-state index contributed by atoms with van der Waals surface area (Å²) in [6, 6.07) is 11.8. The summed E-state index contributed by atoms with van der Waals surface area (Å²) in [5, 5.41) is 5.92. The van der Waals surface area contributed by atoms with Crippen LogP contribution in [-0.4, -0.2) is 42.7 Å². The third-order valence-corrected chi connectivity index (χ3v) is 3.22. The number of hydrogen-bond donors (Lipinski definition) is 2. The molecule has 6 heteroatoms. The minimum absolute atomic E-state index is 0.223. The lowest BCUT2D eigenvalue weighted by Gasteiger charge is -2.09. The van der Waals surface area contributed by atoms with Crippen LogP contribution in [0.2, 0.25) is 0 Å². The lowest BCUT2D eigenvalue weighted by molar-refractivity contribution is 0.0932. The second kappa shape index (κ2) is 8.85. The molecule has 1 aromatic heterocycles. The summed E-state index contributed by atoms with van der Waals surface area (Å²) in [5.41, 5.74) is 2.35. The van der Waals surface area contributed by atoms with Crippen LogP contribution >= 0.6 is 0 Å². The lowest BCUT2D eigenvalue weighted by Crippen LogP contribution is -2.28. The molecule has 0 saturated heterocycles. The van der Waals surface area contributed by atoms with E-state index in [9.17, 15) is 4.79 Å². The van der Waals surface area contributed by atoms with Crippen molar-refractivity contribution in [1.82, 2.24) is 15.3 Å². The number of ether oxygens (including phenoxy) is 1. The highest BCUT2D eigenvalue weighted by Crippen LogP contribution is 2.06. The Kier molecular flexibility index (Phi) is 6.50. The van der Waals surface area contributed by atoms with Gasteiger partial charge in [-0.1, -0.05) is 30.3 Å². The zero-order chi connectivity index (χ0) is 16.5. The standard InChI is InChI=1S/C17H22N4O2/c1-13-12-15(16(22)18-10-11-23-2)21-17(20-13)19-9-8-14-6-4-3-5-7-14/h3-7,12H,8-11H2,1-2H3,(H,18,22)(H,19,20,21). The number of aryl methyl sites for hydroxylation is 1. The topological polar surface area (TPSA) is 76.1 Å². The van der Waals surface area contributed by atoms with Crippen LogP contribution in [0.25, 0.3) is 0 Å². The van der Waals surface area contributed by atoms with E-state index in [-0.39, 0.29) is 5.91 Å². The van der Waals surface area contributed by atoms with Crippen molar-refractivity contribution < 1.29 is 9.53 Å². The van der Waals surface area contributed by atoms with Gasteiger partial charge in [-0.2, -0.15) is 0 Å². The summed E-state index contributed by atoms with van der Waals surface area (Å²) in [6.45, 7) is 3.47. The smallest absolute Gasteiger partial charge is 0.270 e. The zero-order valence-electron chi connectivity index (χ0n) is 13.5. The summed E-state index contributed by atoms with van der Waals surface area (Å²) in [6.07, 6.45) is 0.869. The Labute approximate surface area is 136 Å². The minimum Gasteiger partial charge on any atom is -0.383 e. The number of carbonyl (C=O) groups excluding carboxylic acids is 1. The highest BCUT2D eigenvalue weighted by atomic mass is 16.5. The van der Waals surface area contributed by atoms with Gasteiger partial charge in [0.1, 0.15) is 5.69 Å². The van der Waals surface area contributed by atoms with Gasteiger partial charge in [0, 0.05) is 25.9 Å². The number of amides is 1. The van der Waals surface area contributed by atoms with Crippen molar-refractivity contribution in [1.29, 1.82) is 0 Å². The van der Waals surface area contributed by atoms with Crippen LogP contribution in [0.15, 0.2) is 36.4 Å². The van der Waals surface area contributed by atoms with Crippen molar-refractivity contribution in [2.75, 3.05) is 32.1 Å². The first-order valence-electron chi connectivity index (χ1n) is 7.59. The molecule has 2 rings (SSSR count). The quantitative estimate of drug-likeness (QED) is 0.727. The summed E-state index contributed by atoms with van der Waals surface area (Å²) in [7, 11) is 1.59. The maximum absolute atomic E-state index is 12.0. The number of methoxy groups -OCH3 is 1. The molecule has 0 aliphatic carbocycles. The highest BCUT2D eigenvalue weighted by Gasteiger charge is 2.10. The van der Waals surface area contributed by atoms with E-state index >= 15 is 0 Å². The second-order valence-electron chi connectivity index (χ2n) is 5.13. The van der Waals surface area contributed by atoms with E-state index in [1.54, 1.807) is 13.2 Å². The van der Waals surface area contributed by atoms with Gasteiger partial charge in [-0.05, 0) is 25.0 Å². The third kappa shape index (κ3) is 5.67. The van der Waals surface area contributed by atoms with Gasteiger partial charge in [-0.15, -0.1) is 0 Å². The fourth-order valence-electron chi connectivity index (χ4n) is 2.08. The van der Waals surface area contributed by atoms with Crippen LogP contribution in [0, 0.1) is 6.92 Å². The van der Waals surface area contributed by atoms with E-state index in [1.807, 2.05) is 25.1 Å². The van der Waals surface area contributed by atoms with Crippen molar-refractivity contribution >= 4 is 11.9 Å². The average molecular weight is 314 g/mol. The van der Waals surface area contributed by atoms with Crippen molar-refractivity contribution in [2.24, 2.45) is 0 Å². The fourth-order valence-corrected chi connectivity index (χ4v) is 2.08. The molecular weight excluding hydrogens is 292 g/mol. The average Bonchev–Trinajstić information content (AvgIpc) is 2.55. The van der Waals surface area contributed by atoms with Crippen LogP contribution in [0.5, 0.6) is 0 Å². The van der Waals surface area contributed by atoms with Crippen molar-refractivity contribution in [3.8, 4) is 0 Å². The Balaban J connectivity index is 1.92. The van der Waals surface area contributed by atoms with E-state index in [1.165, 1.54) is 5.56 Å². The van der Waals surface area contributed by atoms with Crippen LogP contribution in [0.4, 0.5) is 5.95 Å². The maximum atomic E-state index is 12.0. The first-order chi connectivity index (χ1) is 11.2. The molecule has 23 heavy (non-hydrogen) atoms. The molecule has 1 amide bonds. The number of aromatic nitrogens is 2. The van der Waals surface area contributed by atoms with Gasteiger partial charge >= 0.3 is 0 Å². The maximum Gasteiger partial charge on any atom is 0.270 e. The lowest BCUT2D eigenvalue weighted by atomic mass is 10.1. The molecule has 2 aromatic rings. The number of nitrogens with one attached hydrogen (secondary N) is 2. The molecule has 0 radical (unpaired) electrons. The van der Waals surface area contributed by atoms with Gasteiger partial charge < -0.3 is 15.4 Å². The molecule has 6 nitrogen and oxygen atoms in total. The van der Waals surface area contributed by atoms with Gasteiger partial charge in [0.05, 0.1) is 6.61 Å². The number of anilines is 1. The number of rotatable bonds is 8. The van der Waals surface area contributed by atoms with E-state index in [4.69, 9.17) is 4.74 Å². The molecule has 0 aliphatic heterocycles. The first kappa shape index (κ1) is 16.9. The molecule has 0 bridgehead atoms. The molecule has 1 aromatic carbocycles. The normalized spacial score (nSPS) is 10.3. The van der Waals surface area contributed by atoms with E-state index in [0.717, 1.165) is 12.1 Å². The van der Waals surface area contributed by atoms with Crippen LogP contribution < -0.4 is 10.6 Å². The summed E-state index contributed by atoms with van der Waals surface area (Å²) in [4.78, 5) is 20.6. The molecule has 1 heterocycles. The molecule has 122 valence electrons. The van der Waals surface area contributed by atoms with E-state index in [0.29, 0.717) is 31.3 Å². The number of hydrogen-bond acceptors (Lipinski definition) is 5. The summed E-state index contributed by atoms with van der Waals surface area (Å²) < 4.78 is 4.91. The first-order valence-corrected chi connectivity index (χ1v) is 7.59. The van der Waals surface area contributed by atoms with E-state index < -0.39 is 0 Å². The van der Waals surface area contributed by atoms with Crippen LogP contribution in [-0.2, 0) is 11.2 Å². The molecule has 0 fully saturated rings. The largest absolute Gasteiger partial charge is 0.383 e. The molecule has 0 atom stereocenters. The Morgan fingerprint density at radius 2 is 1.96 bits per heavy atom. The second-order valence-corrected chi connectivity index (χ2v) is 5.13. The summed E-state index contributed by atoms with van der Waals surface area (Å²) in [5.74, 6) is 0.247. The zero-order valence-corrected chi connectivity index (χ0v) is 13.5. The predicted molar refractivity (Wildman–Crippen MR) is 89.6 cm³/mol. The van der Waals surface area contributed by atoms with Gasteiger partial charge in [-0.25, -0.2) is 9.97 Å². The Hall–Kier alpha value is -2.47. The van der Waals surface area contributed by atoms with Crippen molar-refractivity contribution in [3.05, 3.63) is 53.3 Å². The van der Waals surface area contributed by atoms with Crippen molar-refractivity contribution in [2.45, 2.75) is 13.3 Å². The Bertz CT molecular complexity index is 632. The molecule has 0 unspecified atom stereocenters. The highest BCUT2D eigenvalue weighted by molar-refractivity contribution is 5.92. The number of carbonyl (C=O) groups is 1. The molecular formula is C17H22N4O2. The molecule has 0 spiro atoms. The van der Waals surface area contributed by atoms with Gasteiger partial charge in [0.2, 0.25) is 5.95 Å². The van der Waals surface area contributed by atoms with Crippen molar-refractivity contribution in [3.63, 3.8) is 0 Å². The van der Waals surface area contributed by atoms with E-state index in [2.05, 4.69) is 32.7 Å². The van der Waals surface area contributed by atoms with Gasteiger partial charge in [0.25, 0.3) is 5.91 Å². The summed E-state index contributed by atoms with van der Waals surface area (Å²) >= 11 is 0. The monoisotopic (exact) mass is 314 g/mol. The minimum atomic E-state index is -0.223. The van der Waals surface area contributed by atoms with Crippen LogP contribution in [0.3, 0.4) is 0 Å². The predicted octanol–water partition coefficient (Wildman–Crippen LogP) is 1.82. The molecule has 0 aliphatic rings. The fraction of sp³-hybridized carbons (Fsp3) is 0.353. The van der Waals surface area contributed by atoms with Crippen LogP contribution in [0.1, 0.15) is 21.7 Å². The third-order valence-electron chi connectivity index (χ3n) is 3.22. The number of nitrogens with zero attached hydrogens (tertiary/aromatic N) is 2. The molecule has 0 saturated carbocycles. The Morgan fingerprint density at radius 1 is 1.17 bits per heavy atom. The van der Waals surface area contributed by atoms with Gasteiger partial charge in [0.15, 0.2) is 0 Å².